The Morgan fingerprint density at radius 1 is 1.07 bits per heavy atom. The van der Waals surface area contributed by atoms with Crippen molar-refractivity contribution in [3.05, 3.63) is 71.0 Å². The van der Waals surface area contributed by atoms with Crippen LogP contribution in [0.4, 0.5) is 4.39 Å². The van der Waals surface area contributed by atoms with E-state index < -0.39 is 6.04 Å². The standard InChI is InChI=1S/C25H31FN2O2/c1-18-7-6-8-21(15-18)17-28(24(29)16-20-11-13-22(26)14-12-20)19(2)25(30)27-23-9-4-3-5-10-23/h6-8,11-15,19,23H,3-5,9-10,16-17H2,1-2H3,(H,27,30)/t19-/m1/s1. The molecule has 0 spiro atoms. The fourth-order valence-corrected chi connectivity index (χ4v) is 4.04. The molecular weight excluding hydrogens is 379 g/mol. The van der Waals surface area contributed by atoms with Crippen LogP contribution in [0.3, 0.4) is 0 Å². The predicted molar refractivity (Wildman–Crippen MR) is 116 cm³/mol. The lowest BCUT2D eigenvalue weighted by atomic mass is 9.95. The maximum Gasteiger partial charge on any atom is 0.242 e. The summed E-state index contributed by atoms with van der Waals surface area (Å²) in [6, 6.07) is 13.5. The Balaban J connectivity index is 1.75. The molecule has 1 N–H and O–H groups in total. The Morgan fingerprint density at radius 3 is 2.43 bits per heavy atom. The van der Waals surface area contributed by atoms with E-state index in [2.05, 4.69) is 5.32 Å². The Labute approximate surface area is 178 Å². The van der Waals surface area contributed by atoms with Crippen LogP contribution in [0.2, 0.25) is 0 Å². The summed E-state index contributed by atoms with van der Waals surface area (Å²) in [5, 5.41) is 3.14. The third-order valence-electron chi connectivity index (χ3n) is 5.82. The molecule has 30 heavy (non-hydrogen) atoms. The van der Waals surface area contributed by atoms with Crippen LogP contribution in [0.25, 0.3) is 0 Å². The van der Waals surface area contributed by atoms with Crippen molar-refractivity contribution in [1.29, 1.82) is 0 Å². The molecule has 0 bridgehead atoms. The maximum atomic E-state index is 13.2. The minimum Gasteiger partial charge on any atom is -0.352 e. The lowest BCUT2D eigenvalue weighted by Gasteiger charge is -2.31. The van der Waals surface area contributed by atoms with E-state index in [0.717, 1.165) is 42.4 Å². The molecule has 0 unspecified atom stereocenters. The Hall–Kier alpha value is -2.69. The first kappa shape index (κ1) is 22.0. The van der Waals surface area contributed by atoms with Gasteiger partial charge in [0.15, 0.2) is 0 Å². The topological polar surface area (TPSA) is 49.4 Å². The SMILES string of the molecule is Cc1cccc(CN(C(=O)Cc2ccc(F)cc2)[C@H](C)C(=O)NC2CCCCC2)c1. The van der Waals surface area contributed by atoms with Gasteiger partial charge in [-0.15, -0.1) is 0 Å². The molecule has 0 aromatic heterocycles. The molecule has 2 aromatic carbocycles. The highest BCUT2D eigenvalue weighted by molar-refractivity contribution is 5.88. The molecule has 2 aromatic rings. The van der Waals surface area contributed by atoms with E-state index in [1.165, 1.54) is 18.6 Å². The van der Waals surface area contributed by atoms with Crippen LogP contribution in [0.15, 0.2) is 48.5 Å². The third kappa shape index (κ3) is 6.15. The number of nitrogens with zero attached hydrogens (tertiary/aromatic N) is 1. The van der Waals surface area contributed by atoms with Crippen molar-refractivity contribution in [2.75, 3.05) is 0 Å². The first-order valence-corrected chi connectivity index (χ1v) is 10.8. The molecule has 1 aliphatic rings. The van der Waals surface area contributed by atoms with Crippen molar-refractivity contribution < 1.29 is 14.0 Å². The van der Waals surface area contributed by atoms with Gasteiger partial charge in [-0.25, -0.2) is 4.39 Å². The molecule has 1 atom stereocenters. The normalized spacial score (nSPS) is 15.4. The average Bonchev–Trinajstić information content (AvgIpc) is 2.74. The van der Waals surface area contributed by atoms with Crippen molar-refractivity contribution in [3.63, 3.8) is 0 Å². The first-order valence-electron chi connectivity index (χ1n) is 10.8. The lowest BCUT2D eigenvalue weighted by Crippen LogP contribution is -2.50. The highest BCUT2D eigenvalue weighted by Gasteiger charge is 2.28. The Bertz CT molecular complexity index is 860. The molecule has 2 amide bonds. The number of halogens is 1. The van der Waals surface area contributed by atoms with E-state index in [1.807, 2.05) is 31.2 Å². The zero-order valence-corrected chi connectivity index (χ0v) is 17.9. The Morgan fingerprint density at radius 2 is 1.77 bits per heavy atom. The number of nitrogens with one attached hydrogen (secondary N) is 1. The van der Waals surface area contributed by atoms with Crippen molar-refractivity contribution in [2.24, 2.45) is 0 Å². The zero-order chi connectivity index (χ0) is 21.5. The van der Waals surface area contributed by atoms with Gasteiger partial charge in [0, 0.05) is 12.6 Å². The van der Waals surface area contributed by atoms with E-state index in [9.17, 15) is 14.0 Å². The predicted octanol–water partition coefficient (Wildman–Crippen LogP) is 4.54. The van der Waals surface area contributed by atoms with Crippen LogP contribution >= 0.6 is 0 Å². The number of rotatable bonds is 7. The van der Waals surface area contributed by atoms with Crippen molar-refractivity contribution in [3.8, 4) is 0 Å². The second-order valence-electron chi connectivity index (χ2n) is 8.33. The lowest BCUT2D eigenvalue weighted by molar-refractivity contribution is -0.140. The molecule has 5 heteroatoms. The summed E-state index contributed by atoms with van der Waals surface area (Å²) >= 11 is 0. The van der Waals surface area contributed by atoms with Crippen molar-refractivity contribution in [1.82, 2.24) is 10.2 Å². The van der Waals surface area contributed by atoms with E-state index in [1.54, 1.807) is 24.0 Å². The van der Waals surface area contributed by atoms with Crippen LogP contribution in [0, 0.1) is 12.7 Å². The molecule has 4 nitrogen and oxygen atoms in total. The van der Waals surface area contributed by atoms with Crippen molar-refractivity contribution >= 4 is 11.8 Å². The van der Waals surface area contributed by atoms with Gasteiger partial charge in [-0.05, 0) is 49.9 Å². The van der Waals surface area contributed by atoms with E-state index in [0.29, 0.717) is 6.54 Å². The number of amides is 2. The van der Waals surface area contributed by atoms with Crippen molar-refractivity contribution in [2.45, 2.75) is 71.0 Å². The monoisotopic (exact) mass is 410 g/mol. The maximum absolute atomic E-state index is 13.2. The number of carbonyl (C=O) groups excluding carboxylic acids is 2. The molecule has 0 radical (unpaired) electrons. The van der Waals surface area contributed by atoms with Crippen LogP contribution < -0.4 is 5.32 Å². The first-order chi connectivity index (χ1) is 14.4. The number of benzene rings is 2. The second-order valence-corrected chi connectivity index (χ2v) is 8.33. The highest BCUT2D eigenvalue weighted by atomic mass is 19.1. The van der Waals surface area contributed by atoms with Crippen LogP contribution in [0.5, 0.6) is 0 Å². The summed E-state index contributed by atoms with van der Waals surface area (Å²) < 4.78 is 13.2. The molecule has 0 aliphatic heterocycles. The van der Waals surface area contributed by atoms with Gasteiger partial charge in [0.05, 0.1) is 6.42 Å². The summed E-state index contributed by atoms with van der Waals surface area (Å²) in [5.74, 6) is -0.584. The smallest absolute Gasteiger partial charge is 0.242 e. The molecule has 0 heterocycles. The third-order valence-corrected chi connectivity index (χ3v) is 5.82. The number of hydrogen-bond acceptors (Lipinski definition) is 2. The number of hydrogen-bond donors (Lipinski definition) is 1. The molecule has 0 saturated heterocycles. The van der Waals surface area contributed by atoms with Crippen LogP contribution in [0.1, 0.15) is 55.7 Å². The molecule has 1 aliphatic carbocycles. The van der Waals surface area contributed by atoms with Gasteiger partial charge in [-0.2, -0.15) is 0 Å². The zero-order valence-electron chi connectivity index (χ0n) is 17.9. The second kappa shape index (κ2) is 10.4. The molecule has 1 fully saturated rings. The minimum atomic E-state index is -0.583. The van der Waals surface area contributed by atoms with Gasteiger partial charge in [-0.3, -0.25) is 9.59 Å². The summed E-state index contributed by atoms with van der Waals surface area (Å²) in [6.45, 7) is 4.16. The fraction of sp³-hybridized carbons (Fsp3) is 0.440. The van der Waals surface area contributed by atoms with Gasteiger partial charge in [0.1, 0.15) is 11.9 Å². The Kier molecular flexibility index (Phi) is 7.61. The minimum absolute atomic E-state index is 0.109. The molecule has 3 rings (SSSR count). The van der Waals surface area contributed by atoms with Gasteiger partial charge >= 0.3 is 0 Å². The largest absolute Gasteiger partial charge is 0.352 e. The summed E-state index contributed by atoms with van der Waals surface area (Å²) in [4.78, 5) is 27.8. The average molecular weight is 411 g/mol. The summed E-state index contributed by atoms with van der Waals surface area (Å²) in [6.07, 6.45) is 5.62. The van der Waals surface area contributed by atoms with E-state index in [4.69, 9.17) is 0 Å². The van der Waals surface area contributed by atoms with Crippen LogP contribution in [-0.4, -0.2) is 28.8 Å². The number of carbonyl (C=O) groups is 2. The van der Waals surface area contributed by atoms with Gasteiger partial charge in [0.2, 0.25) is 11.8 Å². The van der Waals surface area contributed by atoms with Gasteiger partial charge in [-0.1, -0.05) is 61.2 Å². The van der Waals surface area contributed by atoms with Crippen LogP contribution in [-0.2, 0) is 22.6 Å². The summed E-state index contributed by atoms with van der Waals surface area (Å²) in [7, 11) is 0. The van der Waals surface area contributed by atoms with E-state index >= 15 is 0 Å². The van der Waals surface area contributed by atoms with Gasteiger partial charge in [0.25, 0.3) is 0 Å². The molecular formula is C25H31FN2O2. The number of aryl methyl sites for hydroxylation is 1. The summed E-state index contributed by atoms with van der Waals surface area (Å²) in [5.41, 5.74) is 2.83. The quantitative estimate of drug-likeness (QED) is 0.728. The molecule has 160 valence electrons. The molecule has 1 saturated carbocycles. The highest BCUT2D eigenvalue weighted by Crippen LogP contribution is 2.19. The van der Waals surface area contributed by atoms with Gasteiger partial charge < -0.3 is 10.2 Å². The van der Waals surface area contributed by atoms with E-state index in [-0.39, 0.29) is 30.1 Å². The fourth-order valence-electron chi connectivity index (χ4n) is 4.04.